The highest BCUT2D eigenvalue weighted by Crippen LogP contribution is 2.34. The zero-order chi connectivity index (χ0) is 17.1. The number of halogens is 2. The minimum absolute atomic E-state index is 0.0423. The van der Waals surface area contributed by atoms with Crippen molar-refractivity contribution in [1.29, 1.82) is 0 Å². The highest BCUT2D eigenvalue weighted by Gasteiger charge is 2.61. The van der Waals surface area contributed by atoms with Crippen LogP contribution in [0.3, 0.4) is 0 Å². The smallest absolute Gasteiger partial charge is 0.372 e. The van der Waals surface area contributed by atoms with Crippen molar-refractivity contribution in [3.8, 4) is 0 Å². The van der Waals surface area contributed by atoms with Crippen molar-refractivity contribution >= 4 is 11.9 Å². The van der Waals surface area contributed by atoms with Gasteiger partial charge < -0.3 is 25.2 Å². The van der Waals surface area contributed by atoms with Crippen LogP contribution in [0.4, 0.5) is 8.78 Å². The number of nitrogens with zero attached hydrogens (tertiary/aromatic N) is 1. The molecular weight excluding hydrogens is 302 g/mol. The summed E-state index contributed by atoms with van der Waals surface area (Å²) in [5, 5.41) is 21.1. The third kappa shape index (κ3) is 3.71. The van der Waals surface area contributed by atoms with Gasteiger partial charge in [0.25, 0.3) is 0 Å². The predicted molar refractivity (Wildman–Crippen MR) is 72.6 cm³/mol. The van der Waals surface area contributed by atoms with Gasteiger partial charge in [-0.25, -0.2) is 9.18 Å². The molecule has 0 bridgehead atoms. The molecule has 2 unspecified atom stereocenters. The van der Waals surface area contributed by atoms with Crippen LogP contribution in [0.1, 0.15) is 20.8 Å². The number of rotatable bonds is 6. The fraction of sp³-hybridized carbons (Fsp3) is 0.846. The first-order valence-electron chi connectivity index (χ1n) is 7.09. The lowest BCUT2D eigenvalue weighted by Gasteiger charge is -2.44. The number of aliphatic hydroxyl groups is 1. The van der Waals surface area contributed by atoms with E-state index in [0.29, 0.717) is 13.1 Å². The van der Waals surface area contributed by atoms with Gasteiger partial charge in [0, 0.05) is 13.5 Å². The molecule has 7 nitrogen and oxygen atoms in total. The Hall–Kier alpha value is -1.32. The summed E-state index contributed by atoms with van der Waals surface area (Å²) in [6.45, 7) is 5.97. The number of carbonyl (C=O) groups is 2. The highest BCUT2D eigenvalue weighted by molar-refractivity contribution is 5.77. The van der Waals surface area contributed by atoms with Crippen molar-refractivity contribution in [2.45, 2.75) is 51.0 Å². The van der Waals surface area contributed by atoms with Crippen LogP contribution < -0.4 is 5.32 Å². The lowest BCUT2D eigenvalue weighted by Crippen LogP contribution is -2.69. The molecule has 1 rings (SSSR count). The van der Waals surface area contributed by atoms with Crippen molar-refractivity contribution in [3.05, 3.63) is 0 Å². The molecule has 0 aromatic heterocycles. The zero-order valence-corrected chi connectivity index (χ0v) is 12.8. The summed E-state index contributed by atoms with van der Waals surface area (Å²) in [4.78, 5) is 24.0. The molecule has 1 fully saturated rings. The van der Waals surface area contributed by atoms with E-state index in [1.54, 1.807) is 4.90 Å². The molecule has 0 aromatic carbocycles. The first-order valence-corrected chi connectivity index (χ1v) is 7.09. The second kappa shape index (κ2) is 7.30. The molecule has 0 saturated carbocycles. The van der Waals surface area contributed by atoms with E-state index in [-0.39, 0.29) is 6.54 Å². The van der Waals surface area contributed by atoms with Gasteiger partial charge in [0.15, 0.2) is 6.17 Å². The molecule has 128 valence electrons. The molecule has 9 heteroatoms. The SMILES string of the molecule is CCN(CC)CC1O[C@](F)(C(=O)O)C(F)[C@@H](O)[C@@H]1NC(C)=O. The van der Waals surface area contributed by atoms with Crippen molar-refractivity contribution < 1.29 is 33.3 Å². The van der Waals surface area contributed by atoms with Gasteiger partial charge in [-0.3, -0.25) is 4.79 Å². The van der Waals surface area contributed by atoms with E-state index < -0.39 is 42.2 Å². The second-order valence-electron chi connectivity index (χ2n) is 5.21. The maximum absolute atomic E-state index is 14.3. The van der Waals surface area contributed by atoms with Crippen LogP contribution in [0, 0.1) is 0 Å². The van der Waals surface area contributed by atoms with Gasteiger partial charge in [-0.1, -0.05) is 13.8 Å². The fourth-order valence-electron chi connectivity index (χ4n) is 2.45. The molecule has 0 aromatic rings. The van der Waals surface area contributed by atoms with E-state index in [4.69, 9.17) is 9.84 Å². The Balaban J connectivity index is 3.08. The van der Waals surface area contributed by atoms with Gasteiger partial charge in [0.05, 0.1) is 12.1 Å². The summed E-state index contributed by atoms with van der Waals surface area (Å²) in [7, 11) is 0. The van der Waals surface area contributed by atoms with Crippen molar-refractivity contribution in [2.75, 3.05) is 19.6 Å². The van der Waals surface area contributed by atoms with Crippen LogP contribution in [0.2, 0.25) is 0 Å². The zero-order valence-electron chi connectivity index (χ0n) is 12.8. The summed E-state index contributed by atoms with van der Waals surface area (Å²) < 4.78 is 33.0. The van der Waals surface area contributed by atoms with E-state index in [0.717, 1.165) is 6.92 Å². The first kappa shape index (κ1) is 18.7. The molecule has 22 heavy (non-hydrogen) atoms. The van der Waals surface area contributed by atoms with Crippen molar-refractivity contribution in [1.82, 2.24) is 10.2 Å². The van der Waals surface area contributed by atoms with Gasteiger partial charge in [0.1, 0.15) is 6.10 Å². The molecule has 3 N–H and O–H groups in total. The Kier molecular flexibility index (Phi) is 6.21. The van der Waals surface area contributed by atoms with Gasteiger partial charge in [0.2, 0.25) is 5.91 Å². The molecule has 1 saturated heterocycles. The minimum Gasteiger partial charge on any atom is -0.477 e. The van der Waals surface area contributed by atoms with Crippen LogP contribution in [0.15, 0.2) is 0 Å². The molecule has 5 atom stereocenters. The summed E-state index contributed by atoms with van der Waals surface area (Å²) in [5.41, 5.74) is 0. The average Bonchev–Trinajstić information content (AvgIpc) is 2.45. The highest BCUT2D eigenvalue weighted by atomic mass is 19.2. The van der Waals surface area contributed by atoms with Crippen molar-refractivity contribution in [2.24, 2.45) is 0 Å². The Morgan fingerprint density at radius 2 is 1.91 bits per heavy atom. The standard InChI is InChI=1S/C13H22F2N2O5/c1-4-17(5-2)6-8-9(16-7(3)18)10(19)11(14)13(15,22-8)12(20)21/h8-11,19H,4-6H2,1-3H3,(H,16,18)(H,20,21)/t8?,9-,10+,11?,13+/m1/s1. The Morgan fingerprint density at radius 3 is 2.32 bits per heavy atom. The summed E-state index contributed by atoms with van der Waals surface area (Å²) in [6.07, 6.45) is -6.04. The fourth-order valence-corrected chi connectivity index (χ4v) is 2.45. The normalized spacial score (nSPS) is 35.4. The number of ether oxygens (including phenoxy) is 1. The summed E-state index contributed by atoms with van der Waals surface area (Å²) in [6, 6.07) is -1.24. The summed E-state index contributed by atoms with van der Waals surface area (Å²) >= 11 is 0. The Morgan fingerprint density at radius 1 is 1.36 bits per heavy atom. The van der Waals surface area contributed by atoms with E-state index in [1.807, 2.05) is 13.8 Å². The van der Waals surface area contributed by atoms with Gasteiger partial charge >= 0.3 is 11.8 Å². The monoisotopic (exact) mass is 324 g/mol. The van der Waals surface area contributed by atoms with E-state index in [1.165, 1.54) is 0 Å². The molecule has 0 radical (unpaired) electrons. The maximum atomic E-state index is 14.3. The third-order valence-corrected chi connectivity index (χ3v) is 3.74. The molecule has 0 aliphatic carbocycles. The molecule has 1 heterocycles. The number of hydrogen-bond donors (Lipinski definition) is 3. The van der Waals surface area contributed by atoms with Gasteiger partial charge in [-0.15, -0.1) is 0 Å². The number of aliphatic hydroxyl groups excluding tert-OH is 1. The number of carboxylic acids is 1. The van der Waals surface area contributed by atoms with Crippen LogP contribution in [0.25, 0.3) is 0 Å². The van der Waals surface area contributed by atoms with Crippen LogP contribution in [-0.2, 0) is 14.3 Å². The van der Waals surface area contributed by atoms with Crippen molar-refractivity contribution in [3.63, 3.8) is 0 Å². The number of alkyl halides is 2. The quantitative estimate of drug-likeness (QED) is 0.619. The first-order chi connectivity index (χ1) is 10.2. The molecular formula is C13H22F2N2O5. The molecule has 1 aliphatic heterocycles. The van der Waals surface area contributed by atoms with Crippen LogP contribution in [-0.4, -0.2) is 76.9 Å². The Labute approximate surface area is 127 Å². The third-order valence-electron chi connectivity index (χ3n) is 3.74. The number of aliphatic carboxylic acids is 1. The van der Waals surface area contributed by atoms with Gasteiger partial charge in [-0.05, 0) is 13.1 Å². The van der Waals surface area contributed by atoms with Crippen LogP contribution in [0.5, 0.6) is 0 Å². The number of amides is 1. The topological polar surface area (TPSA) is 99.1 Å². The number of likely N-dealkylation sites (N-methyl/N-ethyl adjacent to an activating group) is 1. The second-order valence-corrected chi connectivity index (χ2v) is 5.21. The van der Waals surface area contributed by atoms with E-state index in [9.17, 15) is 23.5 Å². The van der Waals surface area contributed by atoms with Crippen LogP contribution >= 0.6 is 0 Å². The maximum Gasteiger partial charge on any atom is 0.372 e. The van der Waals surface area contributed by atoms with Gasteiger partial charge in [-0.2, -0.15) is 4.39 Å². The lowest BCUT2D eigenvalue weighted by atomic mass is 9.91. The predicted octanol–water partition coefficient (Wildman–Crippen LogP) is -0.319. The largest absolute Gasteiger partial charge is 0.477 e. The lowest BCUT2D eigenvalue weighted by molar-refractivity contribution is -0.276. The number of carboxylic acid groups (broad SMARTS) is 1. The molecule has 1 amide bonds. The summed E-state index contributed by atoms with van der Waals surface area (Å²) in [5.74, 6) is -6.36. The van der Waals surface area contributed by atoms with E-state index >= 15 is 0 Å². The molecule has 0 spiro atoms. The molecule has 1 aliphatic rings. The minimum atomic E-state index is -3.65. The Bertz CT molecular complexity index is 421. The number of nitrogens with one attached hydrogen (secondary N) is 1. The number of hydrogen-bond acceptors (Lipinski definition) is 5. The van der Waals surface area contributed by atoms with E-state index in [2.05, 4.69) is 5.32 Å². The number of carbonyl (C=O) groups excluding carboxylic acids is 1. The average molecular weight is 324 g/mol.